The van der Waals surface area contributed by atoms with Gasteiger partial charge in [0, 0.05) is 10.1 Å². The fourth-order valence-corrected chi connectivity index (χ4v) is 4.29. The van der Waals surface area contributed by atoms with Gasteiger partial charge in [-0.25, -0.2) is 8.42 Å². The molecule has 0 aromatic heterocycles. The molecule has 0 bridgehead atoms. The van der Waals surface area contributed by atoms with Crippen molar-refractivity contribution in [2.45, 2.75) is 17.1 Å². The smallest absolute Gasteiger partial charge is 0.157 e. The summed E-state index contributed by atoms with van der Waals surface area (Å²) < 4.78 is 22.7. The Morgan fingerprint density at radius 2 is 1.94 bits per heavy atom. The van der Waals surface area contributed by atoms with Crippen molar-refractivity contribution in [3.8, 4) is 0 Å². The molecule has 0 saturated heterocycles. The van der Waals surface area contributed by atoms with E-state index in [4.69, 9.17) is 0 Å². The predicted molar refractivity (Wildman–Crippen MR) is 68.5 cm³/mol. The van der Waals surface area contributed by atoms with Crippen LogP contribution >= 0.6 is 11.8 Å². The van der Waals surface area contributed by atoms with Crippen molar-refractivity contribution in [1.29, 1.82) is 0 Å². The maximum Gasteiger partial charge on any atom is 0.157 e. The maximum absolute atomic E-state index is 11.3. The van der Waals surface area contributed by atoms with Crippen LogP contribution < -0.4 is 0 Å². The first-order valence-electron chi connectivity index (χ1n) is 5.18. The molecule has 86 valence electrons. The van der Waals surface area contributed by atoms with Crippen molar-refractivity contribution >= 4 is 21.6 Å². The Hall–Kier alpha value is -0.740. The first kappa shape index (κ1) is 11.7. The Bertz CT molecular complexity index is 489. The zero-order valence-corrected chi connectivity index (χ0v) is 10.7. The van der Waals surface area contributed by atoms with E-state index >= 15 is 0 Å². The van der Waals surface area contributed by atoms with Crippen molar-refractivity contribution in [3.05, 3.63) is 42.0 Å². The van der Waals surface area contributed by atoms with E-state index in [1.54, 1.807) is 11.8 Å². The summed E-state index contributed by atoms with van der Waals surface area (Å²) in [5.74, 6) is 0.440. The van der Waals surface area contributed by atoms with Gasteiger partial charge in [0.1, 0.15) is 0 Å². The van der Waals surface area contributed by atoms with E-state index in [2.05, 4.69) is 6.92 Å². The third-order valence-corrected chi connectivity index (χ3v) is 5.21. The van der Waals surface area contributed by atoms with Crippen molar-refractivity contribution in [2.75, 3.05) is 11.5 Å². The van der Waals surface area contributed by atoms with Gasteiger partial charge in [-0.2, -0.15) is 0 Å². The summed E-state index contributed by atoms with van der Waals surface area (Å²) in [5, 5.41) is 0.236. The molecule has 4 heteroatoms. The fourth-order valence-electron chi connectivity index (χ4n) is 1.67. The van der Waals surface area contributed by atoms with Crippen LogP contribution in [-0.2, 0) is 9.84 Å². The van der Waals surface area contributed by atoms with Gasteiger partial charge in [-0.1, -0.05) is 24.3 Å². The minimum atomic E-state index is -2.84. The lowest BCUT2D eigenvalue weighted by Crippen LogP contribution is -2.08. The van der Waals surface area contributed by atoms with E-state index in [1.807, 2.05) is 36.4 Å². The molecule has 16 heavy (non-hydrogen) atoms. The Morgan fingerprint density at radius 3 is 2.50 bits per heavy atom. The summed E-state index contributed by atoms with van der Waals surface area (Å²) in [7, 11) is -2.84. The molecule has 0 fully saturated rings. The van der Waals surface area contributed by atoms with E-state index in [0.717, 1.165) is 5.57 Å². The van der Waals surface area contributed by atoms with Gasteiger partial charge in [0.2, 0.25) is 0 Å². The fraction of sp³-hybridized carbons (Fsp3) is 0.333. The summed E-state index contributed by atoms with van der Waals surface area (Å²) in [6.45, 7) is 2.06. The zero-order chi connectivity index (χ0) is 11.6. The second-order valence-corrected chi connectivity index (χ2v) is 7.43. The number of benzene rings is 1. The van der Waals surface area contributed by atoms with E-state index < -0.39 is 9.84 Å². The second kappa shape index (κ2) is 4.63. The summed E-state index contributed by atoms with van der Waals surface area (Å²) in [5.41, 5.74) is 1.04. The van der Waals surface area contributed by atoms with Crippen molar-refractivity contribution < 1.29 is 8.42 Å². The highest BCUT2D eigenvalue weighted by Gasteiger charge is 2.23. The minimum Gasteiger partial charge on any atom is -0.228 e. The Morgan fingerprint density at radius 1 is 1.25 bits per heavy atom. The van der Waals surface area contributed by atoms with E-state index in [-0.39, 0.29) is 16.8 Å². The molecule has 1 aliphatic heterocycles. The van der Waals surface area contributed by atoms with Gasteiger partial charge in [-0.15, -0.1) is 11.8 Å². The van der Waals surface area contributed by atoms with Gasteiger partial charge < -0.3 is 0 Å². The number of rotatable bonds is 3. The van der Waals surface area contributed by atoms with Crippen LogP contribution in [0.5, 0.6) is 0 Å². The normalized spacial score (nSPS) is 20.4. The molecule has 0 radical (unpaired) electrons. The molecule has 2 rings (SSSR count). The van der Waals surface area contributed by atoms with E-state index in [9.17, 15) is 8.42 Å². The van der Waals surface area contributed by atoms with Crippen LogP contribution in [-0.4, -0.2) is 25.2 Å². The standard InChI is InChI=1S/C12H14O2S2/c1-10(11-7-8-16(13,14)9-11)15-12-5-3-2-4-6-12/h2-7,10H,8-9H2,1H3. The van der Waals surface area contributed by atoms with Crippen LogP contribution in [0.15, 0.2) is 46.9 Å². The quantitative estimate of drug-likeness (QED) is 0.614. The van der Waals surface area contributed by atoms with Crippen LogP contribution in [0.3, 0.4) is 0 Å². The third-order valence-electron chi connectivity index (χ3n) is 2.56. The highest BCUT2D eigenvalue weighted by molar-refractivity contribution is 8.00. The number of hydrogen-bond donors (Lipinski definition) is 0. The minimum absolute atomic E-state index is 0.210. The van der Waals surface area contributed by atoms with E-state index in [0.29, 0.717) is 0 Å². The maximum atomic E-state index is 11.3. The van der Waals surface area contributed by atoms with Gasteiger partial charge in [0.05, 0.1) is 11.5 Å². The Balaban J connectivity index is 2.03. The molecule has 1 unspecified atom stereocenters. The highest BCUT2D eigenvalue weighted by atomic mass is 32.2. The number of hydrogen-bond acceptors (Lipinski definition) is 3. The van der Waals surface area contributed by atoms with Crippen LogP contribution in [0.2, 0.25) is 0 Å². The Labute approximate surface area is 101 Å². The SMILES string of the molecule is CC(Sc1ccccc1)C1=CCS(=O)(=O)C1. The Kier molecular flexibility index (Phi) is 3.40. The third kappa shape index (κ3) is 2.89. The summed E-state index contributed by atoms with van der Waals surface area (Å²) in [4.78, 5) is 1.18. The summed E-state index contributed by atoms with van der Waals surface area (Å²) in [6, 6.07) is 10.1. The van der Waals surface area contributed by atoms with Crippen LogP contribution in [0.4, 0.5) is 0 Å². The van der Waals surface area contributed by atoms with E-state index in [1.165, 1.54) is 4.90 Å². The molecule has 1 aromatic rings. The lowest BCUT2D eigenvalue weighted by atomic mass is 10.2. The molecule has 1 heterocycles. The number of sulfone groups is 1. The average Bonchev–Trinajstić information content (AvgIpc) is 2.60. The highest BCUT2D eigenvalue weighted by Crippen LogP contribution is 2.30. The molecule has 2 nitrogen and oxygen atoms in total. The van der Waals surface area contributed by atoms with Crippen LogP contribution in [0, 0.1) is 0 Å². The first-order valence-corrected chi connectivity index (χ1v) is 7.88. The van der Waals surface area contributed by atoms with Gasteiger partial charge in [0.15, 0.2) is 9.84 Å². The largest absolute Gasteiger partial charge is 0.228 e. The molecule has 1 aromatic carbocycles. The lowest BCUT2D eigenvalue weighted by Gasteiger charge is -2.11. The summed E-state index contributed by atoms with van der Waals surface area (Å²) >= 11 is 1.71. The molecule has 0 saturated carbocycles. The molecule has 0 amide bonds. The monoisotopic (exact) mass is 254 g/mol. The van der Waals surface area contributed by atoms with Gasteiger partial charge in [-0.3, -0.25) is 0 Å². The summed E-state index contributed by atoms with van der Waals surface area (Å²) in [6.07, 6.45) is 1.86. The zero-order valence-electron chi connectivity index (χ0n) is 9.09. The topological polar surface area (TPSA) is 34.1 Å². The first-order chi connectivity index (χ1) is 7.57. The second-order valence-electron chi connectivity index (χ2n) is 3.91. The predicted octanol–water partition coefficient (Wildman–Crippen LogP) is 2.52. The number of thioether (sulfide) groups is 1. The van der Waals surface area contributed by atoms with Gasteiger partial charge in [-0.05, 0) is 24.6 Å². The molecular formula is C12H14O2S2. The molecule has 0 spiro atoms. The molecule has 0 aliphatic carbocycles. The molecular weight excluding hydrogens is 240 g/mol. The molecule has 0 N–H and O–H groups in total. The van der Waals surface area contributed by atoms with Crippen molar-refractivity contribution in [3.63, 3.8) is 0 Å². The lowest BCUT2D eigenvalue weighted by molar-refractivity contribution is 0.603. The van der Waals surface area contributed by atoms with Crippen molar-refractivity contribution in [1.82, 2.24) is 0 Å². The average molecular weight is 254 g/mol. The van der Waals surface area contributed by atoms with Crippen LogP contribution in [0.25, 0.3) is 0 Å². The van der Waals surface area contributed by atoms with Crippen LogP contribution in [0.1, 0.15) is 6.92 Å². The van der Waals surface area contributed by atoms with Gasteiger partial charge >= 0.3 is 0 Å². The van der Waals surface area contributed by atoms with Gasteiger partial charge in [0.25, 0.3) is 0 Å². The molecule has 1 aliphatic rings. The van der Waals surface area contributed by atoms with Crippen molar-refractivity contribution in [2.24, 2.45) is 0 Å². The molecule has 1 atom stereocenters.